The number of rotatable bonds is 3. The van der Waals surface area contributed by atoms with Gasteiger partial charge in [0.25, 0.3) is 0 Å². The van der Waals surface area contributed by atoms with Crippen molar-refractivity contribution in [3.63, 3.8) is 0 Å². The Morgan fingerprint density at radius 3 is 2.15 bits per heavy atom. The minimum atomic E-state index is -0.106. The van der Waals surface area contributed by atoms with Gasteiger partial charge in [-0.2, -0.15) is 0 Å². The molecule has 1 saturated heterocycles. The van der Waals surface area contributed by atoms with Crippen LogP contribution < -0.4 is 5.73 Å². The van der Waals surface area contributed by atoms with Gasteiger partial charge in [-0.1, -0.05) is 13.8 Å². The molecule has 1 aliphatic heterocycles. The number of likely N-dealkylation sites (tertiary alicyclic amines) is 1. The number of hydrogen-bond donors (Lipinski definition) is 1. The highest BCUT2D eigenvalue weighted by Crippen LogP contribution is 2.13. The van der Waals surface area contributed by atoms with Crippen LogP contribution in [0, 0.1) is 5.92 Å². The molecule has 74 valence electrons. The first-order valence-corrected chi connectivity index (χ1v) is 4.61. The fourth-order valence-corrected chi connectivity index (χ4v) is 1.25. The molecule has 2 amide bonds. The monoisotopic (exact) mass is 184 g/mol. The van der Waals surface area contributed by atoms with Crippen molar-refractivity contribution in [3.05, 3.63) is 0 Å². The Bertz CT molecular complexity index is 210. The van der Waals surface area contributed by atoms with Crippen molar-refractivity contribution in [3.8, 4) is 0 Å². The third kappa shape index (κ3) is 2.28. The lowest BCUT2D eigenvalue weighted by molar-refractivity contribution is -0.138. The SMILES string of the molecule is CC(C)[C@@H](N)CN1C(=O)CCC1=O. The van der Waals surface area contributed by atoms with Crippen LogP contribution in [0.2, 0.25) is 0 Å². The topological polar surface area (TPSA) is 63.4 Å². The van der Waals surface area contributed by atoms with E-state index in [1.807, 2.05) is 13.8 Å². The van der Waals surface area contributed by atoms with Crippen LogP contribution in [-0.4, -0.2) is 29.3 Å². The van der Waals surface area contributed by atoms with Gasteiger partial charge in [0.15, 0.2) is 0 Å². The number of imide groups is 1. The van der Waals surface area contributed by atoms with Crippen molar-refractivity contribution in [1.82, 2.24) is 4.90 Å². The highest BCUT2D eigenvalue weighted by molar-refractivity contribution is 6.01. The minimum absolute atomic E-state index is 0.0823. The Morgan fingerprint density at radius 2 is 1.77 bits per heavy atom. The normalized spacial score (nSPS) is 20.2. The van der Waals surface area contributed by atoms with Gasteiger partial charge in [0, 0.05) is 25.4 Å². The fraction of sp³-hybridized carbons (Fsp3) is 0.778. The molecule has 1 fully saturated rings. The molecule has 1 aliphatic rings. The quantitative estimate of drug-likeness (QED) is 0.633. The van der Waals surface area contributed by atoms with Crippen LogP contribution in [-0.2, 0) is 9.59 Å². The number of carbonyl (C=O) groups is 2. The lowest BCUT2D eigenvalue weighted by Gasteiger charge is -2.21. The zero-order valence-electron chi connectivity index (χ0n) is 8.12. The zero-order valence-corrected chi connectivity index (χ0v) is 8.12. The molecule has 1 heterocycles. The van der Waals surface area contributed by atoms with E-state index < -0.39 is 0 Å². The third-order valence-corrected chi connectivity index (χ3v) is 2.40. The summed E-state index contributed by atoms with van der Waals surface area (Å²) in [5.74, 6) is 0.128. The predicted octanol–water partition coefficient (Wildman–Crippen LogP) is 0.119. The minimum Gasteiger partial charge on any atom is -0.326 e. The highest BCUT2D eigenvalue weighted by atomic mass is 16.2. The fourth-order valence-electron chi connectivity index (χ4n) is 1.25. The van der Waals surface area contributed by atoms with E-state index in [4.69, 9.17) is 5.73 Å². The van der Waals surface area contributed by atoms with E-state index in [0.717, 1.165) is 0 Å². The lowest BCUT2D eigenvalue weighted by Crippen LogP contribution is -2.43. The van der Waals surface area contributed by atoms with Crippen LogP contribution in [0.4, 0.5) is 0 Å². The summed E-state index contributed by atoms with van der Waals surface area (Å²) in [6.45, 7) is 4.33. The Hall–Kier alpha value is -0.900. The summed E-state index contributed by atoms with van der Waals surface area (Å²) in [4.78, 5) is 23.7. The molecule has 0 bridgehead atoms. The third-order valence-electron chi connectivity index (χ3n) is 2.40. The van der Waals surface area contributed by atoms with Gasteiger partial charge < -0.3 is 5.73 Å². The van der Waals surface area contributed by atoms with E-state index in [1.54, 1.807) is 0 Å². The Labute approximate surface area is 78.1 Å². The van der Waals surface area contributed by atoms with Gasteiger partial charge in [0.05, 0.1) is 0 Å². The van der Waals surface area contributed by atoms with E-state index in [-0.39, 0.29) is 17.9 Å². The first-order chi connectivity index (χ1) is 6.02. The second-order valence-electron chi connectivity index (χ2n) is 3.81. The van der Waals surface area contributed by atoms with Crippen LogP contribution in [0.3, 0.4) is 0 Å². The van der Waals surface area contributed by atoms with E-state index >= 15 is 0 Å². The molecular formula is C9H16N2O2. The summed E-state index contributed by atoms with van der Waals surface area (Å²) < 4.78 is 0. The molecule has 13 heavy (non-hydrogen) atoms. The Morgan fingerprint density at radius 1 is 1.31 bits per heavy atom. The summed E-state index contributed by atoms with van der Waals surface area (Å²) in [7, 11) is 0. The highest BCUT2D eigenvalue weighted by Gasteiger charge is 2.30. The van der Waals surface area contributed by atoms with E-state index in [1.165, 1.54) is 4.90 Å². The maximum atomic E-state index is 11.2. The summed E-state index contributed by atoms with van der Waals surface area (Å²) in [5, 5.41) is 0. The molecule has 0 aromatic rings. The molecule has 1 rings (SSSR count). The zero-order chi connectivity index (χ0) is 10.0. The van der Waals surface area contributed by atoms with Crippen LogP contribution in [0.25, 0.3) is 0 Å². The van der Waals surface area contributed by atoms with Crippen LogP contribution >= 0.6 is 0 Å². The molecule has 4 nitrogen and oxygen atoms in total. The van der Waals surface area contributed by atoms with Gasteiger partial charge in [-0.25, -0.2) is 0 Å². The standard InChI is InChI=1S/C9H16N2O2/c1-6(2)7(10)5-11-8(12)3-4-9(11)13/h6-7H,3-5,10H2,1-2H3/t7-/m0/s1. The van der Waals surface area contributed by atoms with Gasteiger partial charge in [0.1, 0.15) is 0 Å². The number of hydrogen-bond acceptors (Lipinski definition) is 3. The number of nitrogens with two attached hydrogens (primary N) is 1. The van der Waals surface area contributed by atoms with Crippen LogP contribution in [0.5, 0.6) is 0 Å². The van der Waals surface area contributed by atoms with Crippen molar-refractivity contribution >= 4 is 11.8 Å². The Balaban J connectivity index is 2.52. The molecule has 0 aromatic carbocycles. The lowest BCUT2D eigenvalue weighted by atomic mass is 10.1. The molecule has 0 saturated carbocycles. The van der Waals surface area contributed by atoms with Crippen LogP contribution in [0.15, 0.2) is 0 Å². The molecule has 0 unspecified atom stereocenters. The molecule has 0 aliphatic carbocycles. The first-order valence-electron chi connectivity index (χ1n) is 4.61. The van der Waals surface area contributed by atoms with Gasteiger partial charge in [0.2, 0.25) is 11.8 Å². The van der Waals surface area contributed by atoms with E-state index in [9.17, 15) is 9.59 Å². The molecule has 0 spiro atoms. The molecule has 0 radical (unpaired) electrons. The van der Waals surface area contributed by atoms with Gasteiger partial charge >= 0.3 is 0 Å². The smallest absolute Gasteiger partial charge is 0.229 e. The molecule has 4 heteroatoms. The van der Waals surface area contributed by atoms with Crippen molar-refractivity contribution in [1.29, 1.82) is 0 Å². The maximum Gasteiger partial charge on any atom is 0.229 e. The van der Waals surface area contributed by atoms with Gasteiger partial charge in [-0.3, -0.25) is 14.5 Å². The van der Waals surface area contributed by atoms with Crippen molar-refractivity contribution < 1.29 is 9.59 Å². The second kappa shape index (κ2) is 3.87. The molecule has 1 atom stereocenters. The molecule has 2 N–H and O–H groups in total. The van der Waals surface area contributed by atoms with Gasteiger partial charge in [-0.05, 0) is 5.92 Å². The largest absolute Gasteiger partial charge is 0.326 e. The number of nitrogens with zero attached hydrogens (tertiary/aromatic N) is 1. The van der Waals surface area contributed by atoms with E-state index in [2.05, 4.69) is 0 Å². The summed E-state index contributed by atoms with van der Waals surface area (Å²) in [5.41, 5.74) is 5.77. The Kier molecular flexibility index (Phi) is 3.03. The van der Waals surface area contributed by atoms with Crippen LogP contribution in [0.1, 0.15) is 26.7 Å². The average molecular weight is 184 g/mol. The van der Waals surface area contributed by atoms with Crippen molar-refractivity contribution in [2.45, 2.75) is 32.7 Å². The summed E-state index contributed by atoms with van der Waals surface area (Å²) >= 11 is 0. The summed E-state index contributed by atoms with van der Waals surface area (Å²) in [6, 6.07) is -0.106. The molecule has 0 aromatic heterocycles. The van der Waals surface area contributed by atoms with Crippen molar-refractivity contribution in [2.24, 2.45) is 11.7 Å². The predicted molar refractivity (Wildman–Crippen MR) is 48.8 cm³/mol. The molecular weight excluding hydrogens is 168 g/mol. The summed E-state index contributed by atoms with van der Waals surface area (Å²) in [6.07, 6.45) is 0.702. The second-order valence-corrected chi connectivity index (χ2v) is 3.81. The van der Waals surface area contributed by atoms with E-state index in [0.29, 0.717) is 25.3 Å². The number of amides is 2. The maximum absolute atomic E-state index is 11.2. The van der Waals surface area contributed by atoms with Gasteiger partial charge in [-0.15, -0.1) is 0 Å². The average Bonchev–Trinajstić information content (AvgIpc) is 2.35. The number of carbonyl (C=O) groups excluding carboxylic acids is 2. The first kappa shape index (κ1) is 10.2. The van der Waals surface area contributed by atoms with Crippen molar-refractivity contribution in [2.75, 3.05) is 6.54 Å².